The largest absolute Gasteiger partial charge is 0.501 e. The van der Waals surface area contributed by atoms with Gasteiger partial charge in [0.1, 0.15) is 0 Å². The SMILES string of the molecule is CC(C)(CNc1ccccc1S(=O)(=O)C(F)(F)F)C(N)=O. The Hall–Kier alpha value is -1.77. The molecule has 0 bridgehead atoms. The molecule has 1 amide bonds. The van der Waals surface area contributed by atoms with Gasteiger partial charge in [0.05, 0.1) is 16.0 Å². The summed E-state index contributed by atoms with van der Waals surface area (Å²) < 4.78 is 60.8. The van der Waals surface area contributed by atoms with Gasteiger partial charge in [-0.05, 0) is 26.0 Å². The Morgan fingerprint density at radius 3 is 2.24 bits per heavy atom. The van der Waals surface area contributed by atoms with Gasteiger partial charge >= 0.3 is 5.51 Å². The molecule has 0 heterocycles. The molecule has 0 aliphatic carbocycles. The van der Waals surface area contributed by atoms with Crippen LogP contribution in [0, 0.1) is 5.41 Å². The van der Waals surface area contributed by atoms with E-state index in [0.717, 1.165) is 6.07 Å². The average molecular weight is 324 g/mol. The van der Waals surface area contributed by atoms with Crippen LogP contribution in [0.5, 0.6) is 0 Å². The highest BCUT2D eigenvalue weighted by molar-refractivity contribution is 7.92. The number of hydrogen-bond acceptors (Lipinski definition) is 4. The first-order valence-electron chi connectivity index (χ1n) is 5.84. The normalized spacial score (nSPS) is 13.0. The van der Waals surface area contributed by atoms with Crippen LogP contribution < -0.4 is 11.1 Å². The van der Waals surface area contributed by atoms with Gasteiger partial charge < -0.3 is 11.1 Å². The molecule has 0 saturated heterocycles. The quantitative estimate of drug-likeness (QED) is 0.866. The highest BCUT2D eigenvalue weighted by Crippen LogP contribution is 2.34. The maximum Gasteiger partial charge on any atom is 0.501 e. The summed E-state index contributed by atoms with van der Waals surface area (Å²) in [4.78, 5) is 10.3. The molecular formula is C12H15F3N2O3S. The van der Waals surface area contributed by atoms with Crippen LogP contribution >= 0.6 is 0 Å². The molecule has 118 valence electrons. The number of benzene rings is 1. The first-order chi connectivity index (χ1) is 9.39. The number of alkyl halides is 3. The van der Waals surface area contributed by atoms with Crippen molar-refractivity contribution in [3.63, 3.8) is 0 Å². The Labute approximate surface area is 120 Å². The zero-order valence-electron chi connectivity index (χ0n) is 11.4. The number of sulfone groups is 1. The van der Waals surface area contributed by atoms with E-state index >= 15 is 0 Å². The lowest BCUT2D eigenvalue weighted by molar-refractivity contribution is -0.125. The fourth-order valence-corrected chi connectivity index (χ4v) is 2.31. The Morgan fingerprint density at radius 1 is 1.24 bits per heavy atom. The second-order valence-corrected chi connectivity index (χ2v) is 6.96. The van der Waals surface area contributed by atoms with E-state index in [2.05, 4.69) is 5.32 Å². The highest BCUT2D eigenvalue weighted by atomic mass is 32.2. The van der Waals surface area contributed by atoms with Crippen molar-refractivity contribution in [2.75, 3.05) is 11.9 Å². The number of nitrogens with one attached hydrogen (secondary N) is 1. The second kappa shape index (κ2) is 5.55. The fraction of sp³-hybridized carbons (Fsp3) is 0.417. The molecule has 5 nitrogen and oxygen atoms in total. The number of rotatable bonds is 5. The maximum atomic E-state index is 12.6. The first-order valence-corrected chi connectivity index (χ1v) is 7.32. The van der Waals surface area contributed by atoms with Gasteiger partial charge in [-0.3, -0.25) is 4.79 Å². The summed E-state index contributed by atoms with van der Waals surface area (Å²) in [6, 6.07) is 4.61. The van der Waals surface area contributed by atoms with Crippen molar-refractivity contribution in [3.8, 4) is 0 Å². The van der Waals surface area contributed by atoms with Crippen molar-refractivity contribution < 1.29 is 26.4 Å². The van der Waals surface area contributed by atoms with Gasteiger partial charge in [0.25, 0.3) is 9.84 Å². The van der Waals surface area contributed by atoms with Gasteiger partial charge in [-0.2, -0.15) is 13.2 Å². The highest BCUT2D eigenvalue weighted by Gasteiger charge is 2.48. The standard InChI is InChI=1S/C12H15F3N2O3S/c1-11(2,10(16)18)7-17-8-5-3-4-6-9(8)21(19,20)12(13,14)15/h3-6,17H,7H2,1-2H3,(H2,16,18). The number of para-hydroxylation sites is 1. The van der Waals surface area contributed by atoms with Crippen molar-refractivity contribution in [1.82, 2.24) is 0 Å². The third kappa shape index (κ3) is 3.66. The van der Waals surface area contributed by atoms with E-state index in [1.165, 1.54) is 32.0 Å². The smallest absolute Gasteiger partial charge is 0.383 e. The third-order valence-corrected chi connectivity index (χ3v) is 4.41. The van der Waals surface area contributed by atoms with E-state index < -0.39 is 31.6 Å². The summed E-state index contributed by atoms with van der Waals surface area (Å²) in [7, 11) is -5.47. The number of carbonyl (C=O) groups is 1. The van der Waals surface area contributed by atoms with Crippen molar-refractivity contribution in [1.29, 1.82) is 0 Å². The fourth-order valence-electron chi connectivity index (χ4n) is 1.38. The van der Waals surface area contributed by atoms with E-state index in [4.69, 9.17) is 5.73 Å². The number of halogens is 3. The van der Waals surface area contributed by atoms with Crippen molar-refractivity contribution in [3.05, 3.63) is 24.3 Å². The minimum atomic E-state index is -5.47. The van der Waals surface area contributed by atoms with E-state index in [9.17, 15) is 26.4 Å². The van der Waals surface area contributed by atoms with E-state index in [1.807, 2.05) is 0 Å². The molecule has 1 aromatic carbocycles. The van der Waals surface area contributed by atoms with Crippen LogP contribution in [-0.4, -0.2) is 26.4 Å². The number of amides is 1. The molecule has 0 fully saturated rings. The van der Waals surface area contributed by atoms with Crippen molar-refractivity contribution in [2.24, 2.45) is 11.1 Å². The molecular weight excluding hydrogens is 309 g/mol. The van der Waals surface area contributed by atoms with E-state index in [0.29, 0.717) is 0 Å². The van der Waals surface area contributed by atoms with Gasteiger partial charge in [0.2, 0.25) is 5.91 Å². The minimum Gasteiger partial charge on any atom is -0.383 e. The Balaban J connectivity index is 3.16. The molecule has 0 aliphatic rings. The molecule has 0 aliphatic heterocycles. The molecule has 0 radical (unpaired) electrons. The number of anilines is 1. The Bertz CT molecular complexity index is 639. The van der Waals surface area contributed by atoms with Crippen LogP contribution in [0.25, 0.3) is 0 Å². The molecule has 3 N–H and O–H groups in total. The summed E-state index contributed by atoms with van der Waals surface area (Å²) in [5.74, 6) is -0.661. The second-order valence-electron chi connectivity index (χ2n) is 5.05. The van der Waals surface area contributed by atoms with Gasteiger partial charge in [0.15, 0.2) is 0 Å². The monoisotopic (exact) mass is 324 g/mol. The van der Waals surface area contributed by atoms with Gasteiger partial charge in [-0.1, -0.05) is 12.1 Å². The van der Waals surface area contributed by atoms with Gasteiger partial charge in [0, 0.05) is 6.54 Å². The number of primary amides is 1. The lowest BCUT2D eigenvalue weighted by atomic mass is 9.93. The molecule has 21 heavy (non-hydrogen) atoms. The lowest BCUT2D eigenvalue weighted by Crippen LogP contribution is -2.37. The van der Waals surface area contributed by atoms with Crippen molar-refractivity contribution in [2.45, 2.75) is 24.3 Å². The van der Waals surface area contributed by atoms with Gasteiger partial charge in [-0.25, -0.2) is 8.42 Å². The summed E-state index contributed by atoms with van der Waals surface area (Å²) in [6.45, 7) is 2.87. The molecule has 0 aromatic heterocycles. The van der Waals surface area contributed by atoms with Gasteiger partial charge in [-0.15, -0.1) is 0 Å². The average Bonchev–Trinajstić information content (AvgIpc) is 2.35. The number of nitrogens with two attached hydrogens (primary N) is 1. The van der Waals surface area contributed by atoms with E-state index in [-0.39, 0.29) is 12.2 Å². The maximum absolute atomic E-state index is 12.6. The zero-order chi connectivity index (χ0) is 16.5. The molecule has 9 heteroatoms. The van der Waals surface area contributed by atoms with Crippen LogP contribution in [-0.2, 0) is 14.6 Å². The topological polar surface area (TPSA) is 89.3 Å². The summed E-state index contributed by atoms with van der Waals surface area (Å²) in [6.07, 6.45) is 0. The molecule has 1 aromatic rings. The third-order valence-electron chi connectivity index (χ3n) is 2.87. The Morgan fingerprint density at radius 2 is 1.76 bits per heavy atom. The number of hydrogen-bond donors (Lipinski definition) is 2. The molecule has 1 rings (SSSR count). The molecule has 0 unspecified atom stereocenters. The van der Waals surface area contributed by atoms with E-state index in [1.54, 1.807) is 0 Å². The zero-order valence-corrected chi connectivity index (χ0v) is 12.2. The van der Waals surface area contributed by atoms with Crippen LogP contribution in [0.1, 0.15) is 13.8 Å². The van der Waals surface area contributed by atoms with Crippen LogP contribution in [0.3, 0.4) is 0 Å². The van der Waals surface area contributed by atoms with Crippen LogP contribution in [0.2, 0.25) is 0 Å². The first kappa shape index (κ1) is 17.3. The summed E-state index contributed by atoms with van der Waals surface area (Å²) in [5.41, 5.74) is -1.53. The molecule has 0 saturated carbocycles. The van der Waals surface area contributed by atoms with Crippen molar-refractivity contribution >= 4 is 21.4 Å². The number of carbonyl (C=O) groups excluding carboxylic acids is 1. The molecule has 0 spiro atoms. The summed E-state index contributed by atoms with van der Waals surface area (Å²) in [5, 5.41) is 2.53. The van der Waals surface area contributed by atoms with Crippen LogP contribution in [0.15, 0.2) is 29.2 Å². The predicted octanol–water partition coefficient (Wildman–Crippen LogP) is 1.90. The summed E-state index contributed by atoms with van der Waals surface area (Å²) >= 11 is 0. The molecule has 0 atom stereocenters. The minimum absolute atomic E-state index is 0.104. The lowest BCUT2D eigenvalue weighted by Gasteiger charge is -2.22. The van der Waals surface area contributed by atoms with Crippen LogP contribution in [0.4, 0.5) is 18.9 Å². The predicted molar refractivity (Wildman–Crippen MR) is 71.1 cm³/mol. The Kier molecular flexibility index (Phi) is 4.57.